The van der Waals surface area contributed by atoms with Crippen LogP contribution in [0.15, 0.2) is 78.9 Å². The van der Waals surface area contributed by atoms with Crippen LogP contribution >= 0.6 is 0 Å². The van der Waals surface area contributed by atoms with Crippen molar-refractivity contribution in [3.05, 3.63) is 84.4 Å². The molecule has 0 aromatic heterocycles. The highest BCUT2D eigenvalue weighted by Crippen LogP contribution is 2.29. The van der Waals surface area contributed by atoms with Gasteiger partial charge in [-0.2, -0.15) is 0 Å². The Morgan fingerprint density at radius 3 is 1.96 bits per heavy atom. The number of ether oxygens (including phenoxy) is 1. The van der Waals surface area contributed by atoms with E-state index in [1.165, 1.54) is 27.1 Å². The molecule has 4 aromatic rings. The summed E-state index contributed by atoms with van der Waals surface area (Å²) in [6.07, 6.45) is 0. The van der Waals surface area contributed by atoms with Gasteiger partial charge < -0.3 is 10.1 Å². The van der Waals surface area contributed by atoms with Gasteiger partial charge in [0.15, 0.2) is 0 Å². The fraction of sp³-hybridized carbons (Fsp3) is 0.130. The third-order valence-electron chi connectivity index (χ3n) is 4.52. The van der Waals surface area contributed by atoms with Crippen molar-refractivity contribution in [2.45, 2.75) is 13.5 Å². The maximum absolute atomic E-state index is 5.51. The van der Waals surface area contributed by atoms with Gasteiger partial charge in [0.05, 0.1) is 6.61 Å². The molecular weight excluding hydrogens is 306 g/mol. The van der Waals surface area contributed by atoms with Crippen molar-refractivity contribution in [2.75, 3.05) is 11.9 Å². The lowest BCUT2D eigenvalue weighted by Gasteiger charge is -2.14. The van der Waals surface area contributed by atoms with Crippen molar-refractivity contribution >= 4 is 27.2 Å². The molecule has 0 fully saturated rings. The number of rotatable bonds is 5. The van der Waals surface area contributed by atoms with Crippen LogP contribution in [0.3, 0.4) is 0 Å². The van der Waals surface area contributed by atoms with Crippen LogP contribution in [-0.4, -0.2) is 6.61 Å². The van der Waals surface area contributed by atoms with Crippen LogP contribution in [0.2, 0.25) is 0 Å². The lowest BCUT2D eigenvalue weighted by Crippen LogP contribution is -2.01. The molecule has 4 rings (SSSR count). The van der Waals surface area contributed by atoms with Crippen molar-refractivity contribution in [2.24, 2.45) is 0 Å². The highest BCUT2D eigenvalue weighted by atomic mass is 16.5. The van der Waals surface area contributed by atoms with Gasteiger partial charge in [-0.15, -0.1) is 0 Å². The first-order chi connectivity index (χ1) is 12.3. The van der Waals surface area contributed by atoms with Gasteiger partial charge in [-0.3, -0.25) is 0 Å². The summed E-state index contributed by atoms with van der Waals surface area (Å²) in [5.74, 6) is 0.906. The number of fused-ring (bicyclic) bond motifs is 2. The average Bonchev–Trinajstić information content (AvgIpc) is 2.66. The fourth-order valence-electron chi connectivity index (χ4n) is 3.32. The Morgan fingerprint density at radius 1 is 0.760 bits per heavy atom. The molecule has 25 heavy (non-hydrogen) atoms. The van der Waals surface area contributed by atoms with Crippen LogP contribution in [0, 0.1) is 0 Å². The van der Waals surface area contributed by atoms with E-state index in [-0.39, 0.29) is 0 Å². The summed E-state index contributed by atoms with van der Waals surface area (Å²) in [5, 5.41) is 8.73. The third-order valence-corrected chi connectivity index (χ3v) is 4.52. The maximum Gasteiger partial charge on any atom is 0.119 e. The Hall–Kier alpha value is -3.00. The van der Waals surface area contributed by atoms with E-state index in [1.54, 1.807) is 0 Å². The topological polar surface area (TPSA) is 21.3 Å². The molecule has 1 N–H and O–H groups in total. The van der Waals surface area contributed by atoms with Crippen molar-refractivity contribution in [3.8, 4) is 5.75 Å². The molecule has 4 aromatic carbocycles. The number of anilines is 1. The highest BCUT2D eigenvalue weighted by Gasteiger charge is 2.07. The molecule has 0 aliphatic heterocycles. The lowest BCUT2D eigenvalue weighted by molar-refractivity contribution is 0.340. The molecule has 0 bridgehead atoms. The zero-order valence-corrected chi connectivity index (χ0v) is 14.3. The summed E-state index contributed by atoms with van der Waals surface area (Å²) in [6.45, 7) is 3.47. The molecule has 0 heterocycles. The Kier molecular flexibility index (Phi) is 4.26. The predicted octanol–water partition coefficient (Wildman–Crippen LogP) is 6.00. The molecule has 124 valence electrons. The van der Waals surface area contributed by atoms with E-state index in [0.717, 1.165) is 18.0 Å². The van der Waals surface area contributed by atoms with E-state index in [0.29, 0.717) is 6.61 Å². The standard InChI is InChI=1S/C23H21NO/c1-2-25-20-13-11-19(12-14-20)24-16-23-21-9-5-3-7-17(21)15-18-8-4-6-10-22(18)23/h3-15,24H,2,16H2,1H3. The van der Waals surface area contributed by atoms with Crippen LogP contribution in [0.25, 0.3) is 21.5 Å². The van der Waals surface area contributed by atoms with E-state index in [2.05, 4.69) is 72.0 Å². The monoisotopic (exact) mass is 327 g/mol. The van der Waals surface area contributed by atoms with E-state index in [1.807, 2.05) is 19.1 Å². The van der Waals surface area contributed by atoms with Crippen LogP contribution in [0.5, 0.6) is 5.75 Å². The largest absolute Gasteiger partial charge is 0.494 e. The Morgan fingerprint density at radius 2 is 1.36 bits per heavy atom. The minimum absolute atomic E-state index is 0.689. The molecule has 0 unspecified atom stereocenters. The van der Waals surface area contributed by atoms with Gasteiger partial charge in [-0.1, -0.05) is 48.5 Å². The second-order valence-corrected chi connectivity index (χ2v) is 6.11. The fourth-order valence-corrected chi connectivity index (χ4v) is 3.32. The number of hydrogen-bond acceptors (Lipinski definition) is 2. The van der Waals surface area contributed by atoms with Crippen molar-refractivity contribution in [3.63, 3.8) is 0 Å². The molecule has 0 amide bonds. The molecule has 0 radical (unpaired) electrons. The van der Waals surface area contributed by atoms with Crippen LogP contribution in [-0.2, 0) is 6.54 Å². The molecular formula is C23H21NO. The summed E-state index contributed by atoms with van der Waals surface area (Å²) < 4.78 is 5.51. The van der Waals surface area contributed by atoms with Gasteiger partial charge >= 0.3 is 0 Å². The van der Waals surface area contributed by atoms with Crippen LogP contribution in [0.4, 0.5) is 5.69 Å². The van der Waals surface area contributed by atoms with E-state index in [9.17, 15) is 0 Å². The number of hydrogen-bond donors (Lipinski definition) is 1. The minimum Gasteiger partial charge on any atom is -0.494 e. The van der Waals surface area contributed by atoms with Crippen LogP contribution < -0.4 is 10.1 Å². The Balaban J connectivity index is 1.69. The van der Waals surface area contributed by atoms with Crippen molar-refractivity contribution in [1.29, 1.82) is 0 Å². The van der Waals surface area contributed by atoms with Gasteiger partial charge in [-0.25, -0.2) is 0 Å². The maximum atomic E-state index is 5.51. The summed E-state index contributed by atoms with van der Waals surface area (Å²) in [5.41, 5.74) is 2.43. The summed E-state index contributed by atoms with van der Waals surface area (Å²) in [7, 11) is 0. The summed E-state index contributed by atoms with van der Waals surface area (Å²) >= 11 is 0. The molecule has 0 aliphatic carbocycles. The first kappa shape index (κ1) is 15.5. The molecule has 2 heteroatoms. The Labute approximate surface area is 148 Å². The molecule has 0 spiro atoms. The summed E-state index contributed by atoms with van der Waals surface area (Å²) in [6, 6.07) is 27.6. The van der Waals surface area contributed by atoms with Crippen molar-refractivity contribution in [1.82, 2.24) is 0 Å². The van der Waals surface area contributed by atoms with Crippen molar-refractivity contribution < 1.29 is 4.74 Å². The average molecular weight is 327 g/mol. The molecule has 0 saturated carbocycles. The number of benzene rings is 4. The molecule has 0 saturated heterocycles. The lowest BCUT2D eigenvalue weighted by atomic mass is 9.97. The van der Waals surface area contributed by atoms with E-state index >= 15 is 0 Å². The van der Waals surface area contributed by atoms with Gasteiger partial charge in [0, 0.05) is 12.2 Å². The normalized spacial score (nSPS) is 10.9. The molecule has 2 nitrogen and oxygen atoms in total. The first-order valence-electron chi connectivity index (χ1n) is 8.71. The van der Waals surface area contributed by atoms with Gasteiger partial charge in [-0.05, 0) is 64.4 Å². The second-order valence-electron chi connectivity index (χ2n) is 6.11. The number of nitrogens with one attached hydrogen (secondary N) is 1. The van der Waals surface area contributed by atoms with E-state index in [4.69, 9.17) is 4.74 Å². The van der Waals surface area contributed by atoms with Gasteiger partial charge in [0.2, 0.25) is 0 Å². The highest BCUT2D eigenvalue weighted by molar-refractivity contribution is 6.02. The SMILES string of the molecule is CCOc1ccc(NCc2c3ccccc3cc3ccccc23)cc1. The first-order valence-corrected chi connectivity index (χ1v) is 8.71. The van der Waals surface area contributed by atoms with E-state index < -0.39 is 0 Å². The predicted molar refractivity (Wildman–Crippen MR) is 106 cm³/mol. The molecule has 0 aliphatic rings. The van der Waals surface area contributed by atoms with Gasteiger partial charge in [0.25, 0.3) is 0 Å². The Bertz CT molecular complexity index is 951. The third kappa shape index (κ3) is 3.16. The smallest absolute Gasteiger partial charge is 0.119 e. The second kappa shape index (κ2) is 6.86. The quantitative estimate of drug-likeness (QED) is 0.454. The van der Waals surface area contributed by atoms with Gasteiger partial charge in [0.1, 0.15) is 5.75 Å². The molecule has 0 atom stereocenters. The summed E-state index contributed by atoms with van der Waals surface area (Å²) in [4.78, 5) is 0. The zero-order valence-electron chi connectivity index (χ0n) is 14.3. The zero-order chi connectivity index (χ0) is 17.1. The van der Waals surface area contributed by atoms with Crippen LogP contribution in [0.1, 0.15) is 12.5 Å². The minimum atomic E-state index is 0.689.